The van der Waals surface area contributed by atoms with Gasteiger partial charge in [-0.3, -0.25) is 0 Å². The van der Waals surface area contributed by atoms with E-state index in [2.05, 4.69) is 0 Å². The van der Waals surface area contributed by atoms with Crippen LogP contribution in [0.1, 0.15) is 20.6 Å². The first-order valence-corrected chi connectivity index (χ1v) is 16.3. The molecule has 3 heteroatoms. The zero-order valence-corrected chi connectivity index (χ0v) is 26.6. The molecule has 0 radical (unpaired) electrons. The van der Waals surface area contributed by atoms with Crippen molar-refractivity contribution < 1.29 is 20.6 Å². The van der Waals surface area contributed by atoms with Crippen LogP contribution in [0.25, 0.3) is 93.6 Å². The normalized spacial score (nSPS) is 16.0. The quantitative estimate of drug-likeness (QED) is 0.178. The van der Waals surface area contributed by atoms with Crippen LogP contribution in [0, 0.1) is 0 Å². The molecule has 0 amide bonds. The molecular weight excluding hydrogens is 619 g/mol. The van der Waals surface area contributed by atoms with Gasteiger partial charge in [0.05, 0.1) is 53.7 Å². The fraction of sp³-hybridized carbons (Fsp3) is 0. The maximum atomic E-state index is 9.99. The van der Waals surface area contributed by atoms with Crippen molar-refractivity contribution in [3.8, 4) is 28.2 Å². The lowest BCUT2D eigenvalue weighted by Gasteiger charge is -2.16. The minimum absolute atomic E-state index is 0.0124. The number of hydrogen-bond acceptors (Lipinski definition) is 0. The lowest BCUT2D eigenvalue weighted by molar-refractivity contribution is 1.13. The van der Waals surface area contributed by atoms with E-state index in [1.807, 2.05) is 66.7 Å². The van der Waals surface area contributed by atoms with E-state index in [1.165, 1.54) is 9.13 Å². The van der Waals surface area contributed by atoms with Crippen LogP contribution in [0.3, 0.4) is 0 Å². The van der Waals surface area contributed by atoms with Crippen molar-refractivity contribution in [3.63, 3.8) is 0 Å². The van der Waals surface area contributed by atoms with Gasteiger partial charge in [0.15, 0.2) is 0 Å². The second-order valence-electron chi connectivity index (χ2n) is 12.3. The highest BCUT2D eigenvalue weighted by Gasteiger charge is 2.19. The largest absolute Gasteiger partial charge is 0.309 e. The molecule has 3 heterocycles. The summed E-state index contributed by atoms with van der Waals surface area (Å²) in [4.78, 5) is 0. The molecule has 0 saturated carbocycles. The minimum atomic E-state index is -0.603. The summed E-state index contributed by atoms with van der Waals surface area (Å²) in [6.45, 7) is 0. The van der Waals surface area contributed by atoms with E-state index >= 15 is 0 Å². The molecule has 238 valence electrons. The summed E-state index contributed by atoms with van der Waals surface area (Å²) in [6.07, 6.45) is 0. The first kappa shape index (κ1) is 17.2. The Morgan fingerprint density at radius 1 is 0.314 bits per heavy atom. The highest BCUT2D eigenvalue weighted by Crippen LogP contribution is 2.39. The highest BCUT2D eigenvalue weighted by molar-refractivity contribution is 6.13. The molecule has 0 bridgehead atoms. The zero-order valence-electron chi connectivity index (χ0n) is 41.6. The third-order valence-electron chi connectivity index (χ3n) is 9.51. The Hall–Kier alpha value is -6.84. The predicted octanol–water partition coefficient (Wildman–Crippen LogP) is 12.6. The molecule has 0 spiro atoms. The van der Waals surface area contributed by atoms with Crippen LogP contribution in [-0.4, -0.2) is 13.7 Å². The Morgan fingerprint density at radius 2 is 0.765 bits per heavy atom. The summed E-state index contributed by atoms with van der Waals surface area (Å²) >= 11 is 0. The van der Waals surface area contributed by atoms with Crippen LogP contribution in [0.15, 0.2) is 188 Å². The molecule has 11 aromatic rings. The van der Waals surface area contributed by atoms with Crippen molar-refractivity contribution in [2.24, 2.45) is 0 Å². The van der Waals surface area contributed by atoms with Gasteiger partial charge in [-0.1, -0.05) is 121 Å². The van der Waals surface area contributed by atoms with Gasteiger partial charge >= 0.3 is 0 Å². The van der Waals surface area contributed by atoms with Gasteiger partial charge in [0.2, 0.25) is 0 Å². The Bertz CT molecular complexity index is 3870. The first-order valence-electron chi connectivity index (χ1n) is 23.8. The fourth-order valence-corrected chi connectivity index (χ4v) is 7.37. The van der Waals surface area contributed by atoms with Gasteiger partial charge in [-0.25, -0.2) is 0 Å². The molecule has 3 nitrogen and oxygen atoms in total. The van der Waals surface area contributed by atoms with Gasteiger partial charge in [0.25, 0.3) is 0 Å². The summed E-state index contributed by atoms with van der Waals surface area (Å²) in [5, 5.41) is 1.33. The molecule has 0 atom stereocenters. The topological polar surface area (TPSA) is 14.8 Å². The van der Waals surface area contributed by atoms with E-state index < -0.39 is 78.6 Å². The fourth-order valence-electron chi connectivity index (χ4n) is 7.37. The van der Waals surface area contributed by atoms with Crippen LogP contribution < -0.4 is 0 Å². The molecule has 0 N–H and O–H groups in total. The predicted molar refractivity (Wildman–Crippen MR) is 215 cm³/mol. The third-order valence-corrected chi connectivity index (χ3v) is 9.51. The van der Waals surface area contributed by atoms with Crippen molar-refractivity contribution in [2.75, 3.05) is 0 Å². The van der Waals surface area contributed by atoms with Crippen LogP contribution in [0.5, 0.6) is 0 Å². The monoisotopic (exact) mass is 664 g/mol. The molecule has 0 aliphatic carbocycles. The standard InChI is InChI=1S/C48H31N3/c1-2-14-32(15-3-1)33-28-35(50-45-23-11-6-18-39(45)40-19-7-12-24-46(40)50)30-36(29-33)51-47-25-13-8-20-41(47)42-31-34(26-27-48(42)51)49-43-21-9-4-16-37(43)38-17-5-10-22-44(38)49/h1-31H/i6D,7D,8D,11D,12D,13D,18D,19D,20D,23D,24D,25D,26D,27D,31D. The molecule has 8 aromatic carbocycles. The average molecular weight is 665 g/mol. The second-order valence-corrected chi connectivity index (χ2v) is 12.3. The Labute approximate surface area is 315 Å². The Kier molecular flexibility index (Phi) is 3.65. The number of fused-ring (bicyclic) bond motifs is 9. The molecule has 0 unspecified atom stereocenters. The summed E-state index contributed by atoms with van der Waals surface area (Å²) in [5.74, 6) is 0. The Morgan fingerprint density at radius 3 is 1.33 bits per heavy atom. The maximum Gasteiger partial charge on any atom is 0.0652 e. The molecule has 0 aliphatic heterocycles. The smallest absolute Gasteiger partial charge is 0.0652 e. The van der Waals surface area contributed by atoms with Crippen molar-refractivity contribution in [1.82, 2.24) is 13.7 Å². The van der Waals surface area contributed by atoms with Gasteiger partial charge < -0.3 is 13.7 Å². The van der Waals surface area contributed by atoms with Crippen LogP contribution in [-0.2, 0) is 0 Å². The van der Waals surface area contributed by atoms with Crippen LogP contribution in [0.4, 0.5) is 0 Å². The molecule has 0 fully saturated rings. The van der Waals surface area contributed by atoms with E-state index in [9.17, 15) is 9.60 Å². The number of hydrogen-bond donors (Lipinski definition) is 0. The van der Waals surface area contributed by atoms with Gasteiger partial charge in [0, 0.05) is 49.4 Å². The van der Waals surface area contributed by atoms with E-state index in [1.54, 1.807) is 34.9 Å². The highest BCUT2D eigenvalue weighted by atomic mass is 15.0. The lowest BCUT2D eigenvalue weighted by atomic mass is 10.0. The number of rotatable bonds is 4. The second kappa shape index (κ2) is 10.8. The maximum absolute atomic E-state index is 9.99. The SMILES string of the molecule is [2H]c1c([2H])c([2H])c2c(c1[2H])c1c([2H])c([2H])c([2H])c([2H])c1n2-c1cc(-c2ccccc2)cc(-n2c3c([2H])c([2H])c([2H])c([2H])c3c3c([2H])c(-n4c5ccccc5c5ccccc54)c([2H])c([2H])c32)c1. The average Bonchev–Trinajstić information content (AvgIpc) is 4.00. The molecule has 0 aliphatic rings. The first-order chi connectivity index (χ1) is 31.6. The van der Waals surface area contributed by atoms with Gasteiger partial charge in [-0.2, -0.15) is 0 Å². The molecule has 51 heavy (non-hydrogen) atoms. The van der Waals surface area contributed by atoms with Crippen LogP contribution >= 0.6 is 0 Å². The lowest BCUT2D eigenvalue weighted by Crippen LogP contribution is -2.00. The third kappa shape index (κ3) is 4.12. The minimum Gasteiger partial charge on any atom is -0.309 e. The summed E-state index contributed by atoms with van der Waals surface area (Å²) in [6, 6.07) is 21.3. The number of aromatic nitrogens is 3. The van der Waals surface area contributed by atoms with Gasteiger partial charge in [-0.05, 0) is 77.7 Å². The Balaban J connectivity index is 1.35. The summed E-state index contributed by atoms with van der Waals surface area (Å²) < 4.78 is 141. The van der Waals surface area contributed by atoms with Crippen molar-refractivity contribution >= 4 is 65.4 Å². The van der Waals surface area contributed by atoms with E-state index in [0.29, 0.717) is 22.2 Å². The zero-order chi connectivity index (χ0) is 46.5. The molecule has 0 saturated heterocycles. The van der Waals surface area contributed by atoms with Gasteiger partial charge in [0.1, 0.15) is 0 Å². The molecular formula is C48H31N3. The van der Waals surface area contributed by atoms with E-state index in [-0.39, 0.29) is 72.8 Å². The van der Waals surface area contributed by atoms with E-state index in [4.69, 9.17) is 11.0 Å². The molecule has 3 aromatic heterocycles. The van der Waals surface area contributed by atoms with Crippen molar-refractivity contribution in [3.05, 3.63) is 188 Å². The van der Waals surface area contributed by atoms with Crippen molar-refractivity contribution in [2.45, 2.75) is 0 Å². The summed E-state index contributed by atoms with van der Waals surface area (Å²) in [5.41, 5.74) is 2.31. The van der Waals surface area contributed by atoms with Crippen molar-refractivity contribution in [1.29, 1.82) is 0 Å². The van der Waals surface area contributed by atoms with Gasteiger partial charge in [-0.15, -0.1) is 0 Å². The van der Waals surface area contributed by atoms with Crippen LogP contribution in [0.2, 0.25) is 0 Å². The number of para-hydroxylation sites is 5. The number of benzene rings is 8. The van der Waals surface area contributed by atoms with E-state index in [0.717, 1.165) is 10.8 Å². The number of nitrogens with zero attached hydrogens (tertiary/aromatic N) is 3. The summed E-state index contributed by atoms with van der Waals surface area (Å²) in [7, 11) is 0. The molecule has 11 rings (SSSR count).